The number of nitro groups is 1. The lowest BCUT2D eigenvalue weighted by Gasteiger charge is -2.20. The summed E-state index contributed by atoms with van der Waals surface area (Å²) in [6, 6.07) is 14.1. The molecule has 0 aliphatic heterocycles. The fourth-order valence-electron chi connectivity index (χ4n) is 2.39. The maximum Gasteiger partial charge on any atom is 0.271 e. The second-order valence-electron chi connectivity index (χ2n) is 5.57. The van der Waals surface area contributed by atoms with Crippen molar-refractivity contribution in [1.82, 2.24) is 4.90 Å². The Morgan fingerprint density at radius 3 is 2.56 bits per heavy atom. The zero-order chi connectivity index (χ0) is 18.2. The molecule has 132 valence electrons. The number of carbonyl (C=O) groups is 1. The van der Waals surface area contributed by atoms with Gasteiger partial charge in [-0.25, -0.2) is 0 Å². The average Bonchev–Trinajstić information content (AvgIpc) is 2.61. The van der Waals surface area contributed by atoms with E-state index in [9.17, 15) is 14.9 Å². The number of rotatable bonds is 8. The molecule has 0 aromatic heterocycles. The molecule has 0 radical (unpaired) electrons. The van der Waals surface area contributed by atoms with E-state index in [2.05, 4.69) is 17.4 Å². The number of nitro benzene ring substituents is 1. The highest BCUT2D eigenvalue weighted by atomic mass is 35.5. The van der Waals surface area contributed by atoms with Crippen molar-refractivity contribution in [1.29, 1.82) is 0 Å². The molecule has 1 N–H and O–H groups in total. The number of hydrogen-bond acceptors (Lipinski definition) is 4. The molecule has 6 nitrogen and oxygen atoms in total. The van der Waals surface area contributed by atoms with Gasteiger partial charge in [-0.3, -0.25) is 19.8 Å². The Kier molecular flexibility index (Phi) is 6.91. The van der Waals surface area contributed by atoms with Crippen molar-refractivity contribution in [3.63, 3.8) is 0 Å². The zero-order valence-electron chi connectivity index (χ0n) is 13.9. The fourth-order valence-corrected chi connectivity index (χ4v) is 2.61. The summed E-state index contributed by atoms with van der Waals surface area (Å²) in [5.74, 6) is -0.203. The predicted octanol–water partition coefficient (Wildman–Crippen LogP) is 3.75. The maximum atomic E-state index is 12.2. The topological polar surface area (TPSA) is 75.5 Å². The van der Waals surface area contributed by atoms with Crippen LogP contribution in [-0.2, 0) is 11.2 Å². The lowest BCUT2D eigenvalue weighted by molar-refractivity contribution is -0.384. The van der Waals surface area contributed by atoms with Gasteiger partial charge in [0.15, 0.2) is 0 Å². The summed E-state index contributed by atoms with van der Waals surface area (Å²) in [4.78, 5) is 24.4. The number of carbonyl (C=O) groups excluding carboxylic acids is 1. The smallest absolute Gasteiger partial charge is 0.271 e. The summed E-state index contributed by atoms with van der Waals surface area (Å²) < 4.78 is 0. The average molecular weight is 362 g/mol. The third-order valence-corrected chi connectivity index (χ3v) is 4.12. The molecule has 1 amide bonds. The Bertz CT molecular complexity index is 738. The molecular formula is C18H20ClN3O3. The van der Waals surface area contributed by atoms with Crippen molar-refractivity contribution < 1.29 is 9.72 Å². The molecule has 2 rings (SSSR count). The molecule has 25 heavy (non-hydrogen) atoms. The number of hydrogen-bond donors (Lipinski definition) is 1. The van der Waals surface area contributed by atoms with Gasteiger partial charge in [-0.2, -0.15) is 0 Å². The van der Waals surface area contributed by atoms with E-state index in [4.69, 9.17) is 11.6 Å². The second-order valence-corrected chi connectivity index (χ2v) is 5.98. The largest absolute Gasteiger partial charge is 0.324 e. The quantitative estimate of drug-likeness (QED) is 0.574. The van der Waals surface area contributed by atoms with Crippen molar-refractivity contribution in [3.8, 4) is 0 Å². The lowest BCUT2D eigenvalue weighted by Crippen LogP contribution is -2.34. The van der Waals surface area contributed by atoms with Gasteiger partial charge in [0, 0.05) is 18.7 Å². The first kappa shape index (κ1) is 18.9. The molecule has 0 unspecified atom stereocenters. The van der Waals surface area contributed by atoms with Crippen LogP contribution >= 0.6 is 11.6 Å². The summed E-state index contributed by atoms with van der Waals surface area (Å²) in [6.45, 7) is 3.74. The Balaban J connectivity index is 1.90. The van der Waals surface area contributed by atoms with Gasteiger partial charge < -0.3 is 5.32 Å². The molecule has 0 atom stereocenters. The van der Waals surface area contributed by atoms with E-state index in [1.165, 1.54) is 23.8 Å². The maximum absolute atomic E-state index is 12.2. The van der Waals surface area contributed by atoms with Crippen LogP contribution < -0.4 is 5.32 Å². The summed E-state index contributed by atoms with van der Waals surface area (Å²) in [5, 5.41) is 13.6. The third-order valence-electron chi connectivity index (χ3n) is 3.81. The molecule has 0 saturated heterocycles. The van der Waals surface area contributed by atoms with Gasteiger partial charge in [0.2, 0.25) is 5.91 Å². The SMILES string of the molecule is CCN(CCc1ccccc1)CC(=O)Nc1ccc([N+](=O)[O-])cc1Cl. The predicted molar refractivity (Wildman–Crippen MR) is 99.0 cm³/mol. The number of nitrogens with zero attached hydrogens (tertiary/aromatic N) is 2. The number of amides is 1. The summed E-state index contributed by atoms with van der Waals surface area (Å²) >= 11 is 6.00. The van der Waals surface area contributed by atoms with Gasteiger partial charge in [0.25, 0.3) is 5.69 Å². The van der Waals surface area contributed by atoms with Crippen LogP contribution in [0.5, 0.6) is 0 Å². The minimum Gasteiger partial charge on any atom is -0.324 e. The van der Waals surface area contributed by atoms with Crippen molar-refractivity contribution in [2.75, 3.05) is 25.0 Å². The molecule has 0 bridgehead atoms. The van der Waals surface area contributed by atoms with Crippen LogP contribution in [0.2, 0.25) is 5.02 Å². The van der Waals surface area contributed by atoms with Gasteiger partial charge in [0.05, 0.1) is 22.2 Å². The van der Waals surface area contributed by atoms with Crippen molar-refractivity contribution in [2.45, 2.75) is 13.3 Å². The minimum atomic E-state index is -0.528. The van der Waals surface area contributed by atoms with Crippen molar-refractivity contribution in [3.05, 3.63) is 69.2 Å². The molecule has 0 fully saturated rings. The third kappa shape index (κ3) is 5.85. The van der Waals surface area contributed by atoms with E-state index in [0.29, 0.717) is 5.69 Å². The van der Waals surface area contributed by atoms with E-state index >= 15 is 0 Å². The Labute approximate surface area is 151 Å². The number of anilines is 1. The molecule has 2 aromatic carbocycles. The molecular weight excluding hydrogens is 342 g/mol. The molecule has 2 aromatic rings. The highest BCUT2D eigenvalue weighted by Crippen LogP contribution is 2.26. The lowest BCUT2D eigenvalue weighted by atomic mass is 10.1. The van der Waals surface area contributed by atoms with Crippen LogP contribution in [0, 0.1) is 10.1 Å². The molecule has 0 spiro atoms. The van der Waals surface area contributed by atoms with Gasteiger partial charge in [0.1, 0.15) is 0 Å². The standard InChI is InChI=1S/C18H20ClN3O3/c1-2-21(11-10-14-6-4-3-5-7-14)13-18(23)20-17-9-8-15(22(24)25)12-16(17)19/h3-9,12H,2,10-11,13H2,1H3,(H,20,23). The molecule has 0 aliphatic carbocycles. The first-order chi connectivity index (χ1) is 12.0. The van der Waals surface area contributed by atoms with E-state index in [1.807, 2.05) is 30.0 Å². The Hall–Kier alpha value is -2.44. The van der Waals surface area contributed by atoms with Crippen LogP contribution in [0.4, 0.5) is 11.4 Å². The van der Waals surface area contributed by atoms with Crippen LogP contribution in [0.15, 0.2) is 48.5 Å². The molecule has 0 heterocycles. The van der Waals surface area contributed by atoms with Gasteiger partial charge in [-0.15, -0.1) is 0 Å². The van der Waals surface area contributed by atoms with Gasteiger partial charge in [-0.05, 0) is 24.6 Å². The van der Waals surface area contributed by atoms with E-state index < -0.39 is 4.92 Å². The first-order valence-corrected chi connectivity index (χ1v) is 8.37. The van der Waals surface area contributed by atoms with Crippen molar-refractivity contribution in [2.24, 2.45) is 0 Å². The van der Waals surface area contributed by atoms with E-state index in [-0.39, 0.29) is 23.2 Å². The van der Waals surface area contributed by atoms with Crippen LogP contribution in [0.3, 0.4) is 0 Å². The fraction of sp³-hybridized carbons (Fsp3) is 0.278. The number of non-ortho nitro benzene ring substituents is 1. The van der Waals surface area contributed by atoms with E-state index in [0.717, 1.165) is 19.5 Å². The summed E-state index contributed by atoms with van der Waals surface area (Å²) in [6.07, 6.45) is 0.861. The highest BCUT2D eigenvalue weighted by Gasteiger charge is 2.13. The van der Waals surface area contributed by atoms with E-state index in [1.54, 1.807) is 0 Å². The highest BCUT2D eigenvalue weighted by molar-refractivity contribution is 6.34. The normalized spacial score (nSPS) is 10.7. The summed E-state index contributed by atoms with van der Waals surface area (Å²) in [5.41, 5.74) is 1.48. The Morgan fingerprint density at radius 2 is 1.96 bits per heavy atom. The zero-order valence-corrected chi connectivity index (χ0v) is 14.7. The van der Waals surface area contributed by atoms with Gasteiger partial charge in [-0.1, -0.05) is 48.9 Å². The number of nitrogens with one attached hydrogen (secondary N) is 1. The number of likely N-dealkylation sites (N-methyl/N-ethyl adjacent to an activating group) is 1. The first-order valence-electron chi connectivity index (χ1n) is 7.99. The molecule has 0 saturated carbocycles. The van der Waals surface area contributed by atoms with Crippen LogP contribution in [-0.4, -0.2) is 35.4 Å². The second kappa shape index (κ2) is 9.15. The van der Waals surface area contributed by atoms with Gasteiger partial charge >= 0.3 is 0 Å². The molecule has 7 heteroatoms. The Morgan fingerprint density at radius 1 is 1.24 bits per heavy atom. The monoisotopic (exact) mass is 361 g/mol. The van der Waals surface area contributed by atoms with Crippen LogP contribution in [0.1, 0.15) is 12.5 Å². The van der Waals surface area contributed by atoms with Crippen molar-refractivity contribution >= 4 is 28.9 Å². The minimum absolute atomic E-state index is 0.110. The number of benzene rings is 2. The molecule has 0 aliphatic rings. The summed E-state index contributed by atoms with van der Waals surface area (Å²) in [7, 11) is 0. The number of halogens is 1. The van der Waals surface area contributed by atoms with Crippen LogP contribution in [0.25, 0.3) is 0 Å².